The van der Waals surface area contributed by atoms with Crippen LogP contribution in [0.1, 0.15) is 27.6 Å². The standard InChI is InChI=1S/C21H23N3O5S/c1-15(21(27)24-11-13-30(28,29)14-12-24)22-19(25)17-7-9-18(10-8-17)23-20(26)16-5-3-2-4-6-16/h2-10,15H,11-14H2,1H3,(H,22,25)(H,23,26). The highest BCUT2D eigenvalue weighted by Crippen LogP contribution is 2.12. The van der Waals surface area contributed by atoms with E-state index in [1.165, 1.54) is 4.90 Å². The van der Waals surface area contributed by atoms with Crippen molar-refractivity contribution in [2.45, 2.75) is 13.0 Å². The van der Waals surface area contributed by atoms with Gasteiger partial charge in [0, 0.05) is 29.9 Å². The van der Waals surface area contributed by atoms with Crippen molar-refractivity contribution in [2.24, 2.45) is 0 Å². The lowest BCUT2D eigenvalue weighted by Gasteiger charge is -2.29. The second-order valence-electron chi connectivity index (χ2n) is 7.07. The van der Waals surface area contributed by atoms with Crippen LogP contribution in [0.5, 0.6) is 0 Å². The number of hydrogen-bond donors (Lipinski definition) is 2. The Labute approximate surface area is 175 Å². The molecule has 2 aromatic carbocycles. The second-order valence-corrected chi connectivity index (χ2v) is 9.37. The zero-order valence-corrected chi connectivity index (χ0v) is 17.3. The third-order valence-electron chi connectivity index (χ3n) is 4.82. The molecule has 1 unspecified atom stereocenters. The van der Waals surface area contributed by atoms with Gasteiger partial charge in [-0.3, -0.25) is 14.4 Å². The van der Waals surface area contributed by atoms with E-state index in [9.17, 15) is 22.8 Å². The highest BCUT2D eigenvalue weighted by molar-refractivity contribution is 7.91. The molecule has 0 saturated carbocycles. The first kappa shape index (κ1) is 21.5. The monoisotopic (exact) mass is 429 g/mol. The van der Waals surface area contributed by atoms with E-state index < -0.39 is 21.8 Å². The second kappa shape index (κ2) is 9.08. The van der Waals surface area contributed by atoms with Gasteiger partial charge in [-0.05, 0) is 43.3 Å². The minimum Gasteiger partial charge on any atom is -0.341 e. The molecule has 9 heteroatoms. The van der Waals surface area contributed by atoms with Gasteiger partial charge in [0.15, 0.2) is 9.84 Å². The molecule has 8 nitrogen and oxygen atoms in total. The third-order valence-corrected chi connectivity index (χ3v) is 6.42. The molecule has 1 atom stereocenters. The molecule has 1 fully saturated rings. The van der Waals surface area contributed by atoms with Crippen LogP contribution in [0.25, 0.3) is 0 Å². The van der Waals surface area contributed by atoms with E-state index in [0.717, 1.165) is 0 Å². The van der Waals surface area contributed by atoms with Crippen molar-refractivity contribution in [3.05, 3.63) is 65.7 Å². The Balaban J connectivity index is 1.55. The molecule has 3 amide bonds. The topological polar surface area (TPSA) is 113 Å². The molecule has 1 saturated heterocycles. The molecule has 0 spiro atoms. The number of carbonyl (C=O) groups is 3. The molecule has 0 radical (unpaired) electrons. The number of nitrogens with zero attached hydrogens (tertiary/aromatic N) is 1. The Morgan fingerprint density at radius 3 is 2.03 bits per heavy atom. The first-order valence-electron chi connectivity index (χ1n) is 9.52. The fourth-order valence-electron chi connectivity index (χ4n) is 3.05. The minimum atomic E-state index is -3.08. The Bertz CT molecular complexity index is 1020. The predicted octanol–water partition coefficient (Wildman–Crippen LogP) is 1.31. The summed E-state index contributed by atoms with van der Waals surface area (Å²) in [4.78, 5) is 38.5. The lowest BCUT2D eigenvalue weighted by Crippen LogP contribution is -2.51. The van der Waals surface area contributed by atoms with Crippen LogP contribution in [-0.2, 0) is 14.6 Å². The zero-order valence-electron chi connectivity index (χ0n) is 16.5. The molecule has 1 aliphatic heterocycles. The van der Waals surface area contributed by atoms with Gasteiger partial charge in [0.2, 0.25) is 5.91 Å². The van der Waals surface area contributed by atoms with Crippen molar-refractivity contribution < 1.29 is 22.8 Å². The first-order chi connectivity index (χ1) is 14.2. The van der Waals surface area contributed by atoms with E-state index in [1.54, 1.807) is 55.5 Å². The summed E-state index contributed by atoms with van der Waals surface area (Å²) in [6.45, 7) is 1.84. The Morgan fingerprint density at radius 2 is 1.43 bits per heavy atom. The predicted molar refractivity (Wildman–Crippen MR) is 113 cm³/mol. The van der Waals surface area contributed by atoms with Crippen molar-refractivity contribution in [2.75, 3.05) is 29.9 Å². The SMILES string of the molecule is CC(NC(=O)c1ccc(NC(=O)c2ccccc2)cc1)C(=O)N1CCS(=O)(=O)CC1. The third kappa shape index (κ3) is 5.44. The summed E-state index contributed by atoms with van der Waals surface area (Å²) < 4.78 is 23.0. The first-order valence-corrected chi connectivity index (χ1v) is 11.3. The van der Waals surface area contributed by atoms with E-state index in [0.29, 0.717) is 16.8 Å². The van der Waals surface area contributed by atoms with Gasteiger partial charge in [0.1, 0.15) is 6.04 Å². The minimum absolute atomic E-state index is 0.0600. The van der Waals surface area contributed by atoms with E-state index in [1.807, 2.05) is 6.07 Å². The Hall–Kier alpha value is -3.20. The maximum atomic E-state index is 12.5. The fraction of sp³-hybridized carbons (Fsp3) is 0.286. The summed E-state index contributed by atoms with van der Waals surface area (Å²) >= 11 is 0. The normalized spacial score (nSPS) is 16.4. The highest BCUT2D eigenvalue weighted by Gasteiger charge is 2.28. The van der Waals surface area contributed by atoms with E-state index in [2.05, 4.69) is 10.6 Å². The maximum absolute atomic E-state index is 12.5. The van der Waals surface area contributed by atoms with E-state index in [4.69, 9.17) is 0 Å². The van der Waals surface area contributed by atoms with Crippen molar-refractivity contribution in [1.82, 2.24) is 10.2 Å². The van der Waals surface area contributed by atoms with Crippen molar-refractivity contribution >= 4 is 33.2 Å². The average molecular weight is 429 g/mol. The van der Waals surface area contributed by atoms with Crippen LogP contribution in [0.15, 0.2) is 54.6 Å². The van der Waals surface area contributed by atoms with Gasteiger partial charge in [-0.25, -0.2) is 8.42 Å². The largest absolute Gasteiger partial charge is 0.341 e. The van der Waals surface area contributed by atoms with E-state index >= 15 is 0 Å². The number of sulfone groups is 1. The molecule has 3 rings (SSSR count). The van der Waals surface area contributed by atoms with Gasteiger partial charge in [0.05, 0.1) is 11.5 Å². The van der Waals surface area contributed by atoms with Gasteiger partial charge in [-0.1, -0.05) is 18.2 Å². The number of carbonyl (C=O) groups excluding carboxylic acids is 3. The van der Waals surface area contributed by atoms with Crippen LogP contribution >= 0.6 is 0 Å². The molecular weight excluding hydrogens is 406 g/mol. The van der Waals surface area contributed by atoms with Crippen LogP contribution in [0.3, 0.4) is 0 Å². The van der Waals surface area contributed by atoms with Crippen LogP contribution in [0, 0.1) is 0 Å². The number of rotatable bonds is 5. The summed E-state index contributed by atoms with van der Waals surface area (Å²) in [6.07, 6.45) is 0. The number of anilines is 1. The number of nitrogens with one attached hydrogen (secondary N) is 2. The summed E-state index contributed by atoms with van der Waals surface area (Å²) in [5.41, 5.74) is 1.41. The number of amides is 3. The molecule has 0 aromatic heterocycles. The van der Waals surface area contributed by atoms with Gasteiger partial charge in [-0.2, -0.15) is 0 Å². The molecule has 30 heavy (non-hydrogen) atoms. The highest BCUT2D eigenvalue weighted by atomic mass is 32.2. The summed E-state index contributed by atoms with van der Waals surface area (Å²) in [5, 5.41) is 5.39. The van der Waals surface area contributed by atoms with Crippen molar-refractivity contribution in [3.8, 4) is 0 Å². The molecule has 158 valence electrons. The van der Waals surface area contributed by atoms with Crippen molar-refractivity contribution in [3.63, 3.8) is 0 Å². The van der Waals surface area contributed by atoms with Crippen LogP contribution in [0.2, 0.25) is 0 Å². The van der Waals surface area contributed by atoms with Crippen molar-refractivity contribution in [1.29, 1.82) is 0 Å². The van der Waals surface area contributed by atoms with Gasteiger partial charge >= 0.3 is 0 Å². The molecular formula is C21H23N3O5S. The Morgan fingerprint density at radius 1 is 0.867 bits per heavy atom. The average Bonchev–Trinajstić information content (AvgIpc) is 2.74. The smallest absolute Gasteiger partial charge is 0.255 e. The summed E-state index contributed by atoms with van der Waals surface area (Å²) in [7, 11) is -3.08. The number of hydrogen-bond acceptors (Lipinski definition) is 5. The van der Waals surface area contributed by atoms with Crippen LogP contribution < -0.4 is 10.6 Å². The van der Waals surface area contributed by atoms with Gasteiger partial charge in [-0.15, -0.1) is 0 Å². The summed E-state index contributed by atoms with van der Waals surface area (Å²) in [5.74, 6) is -1.12. The van der Waals surface area contributed by atoms with Crippen LogP contribution in [0.4, 0.5) is 5.69 Å². The van der Waals surface area contributed by atoms with Gasteiger partial charge in [0.25, 0.3) is 11.8 Å². The number of benzene rings is 2. The molecule has 1 heterocycles. The maximum Gasteiger partial charge on any atom is 0.255 e. The molecule has 2 N–H and O–H groups in total. The van der Waals surface area contributed by atoms with Gasteiger partial charge < -0.3 is 15.5 Å². The lowest BCUT2D eigenvalue weighted by atomic mass is 10.1. The zero-order chi connectivity index (χ0) is 21.7. The fourth-order valence-corrected chi connectivity index (χ4v) is 4.25. The molecule has 0 bridgehead atoms. The Kier molecular flexibility index (Phi) is 6.51. The van der Waals surface area contributed by atoms with E-state index in [-0.39, 0.29) is 36.4 Å². The lowest BCUT2D eigenvalue weighted by molar-refractivity contribution is -0.132. The molecule has 2 aromatic rings. The molecule has 1 aliphatic rings. The molecule has 0 aliphatic carbocycles. The quantitative estimate of drug-likeness (QED) is 0.744. The summed E-state index contributed by atoms with van der Waals surface area (Å²) in [6, 6.07) is 14.3. The van der Waals surface area contributed by atoms with Crippen LogP contribution in [-0.4, -0.2) is 61.7 Å².